The molecule has 1 aromatic carbocycles. The number of aliphatic hydroxyl groups excluding tert-OH is 1. The van der Waals surface area contributed by atoms with E-state index in [0.717, 1.165) is 56.3 Å². The number of carbonyl (C=O) groups is 1. The summed E-state index contributed by atoms with van der Waals surface area (Å²) < 4.78 is 0. The fourth-order valence-electron chi connectivity index (χ4n) is 3.27. The first-order chi connectivity index (χ1) is 9.75. The number of hydrogen-bond acceptors (Lipinski definition) is 3. The Kier molecular flexibility index (Phi) is 4.03. The van der Waals surface area contributed by atoms with Gasteiger partial charge in [0, 0.05) is 12.1 Å². The Bertz CT molecular complexity index is 501. The first-order valence-corrected chi connectivity index (χ1v) is 7.56. The molecule has 0 radical (unpaired) electrons. The SMILES string of the molecule is O=C(N[C@@H]1CCCC[C@H]1O)c1cccc2c1CCNC2. The second-order valence-electron chi connectivity index (χ2n) is 5.80. The molecule has 20 heavy (non-hydrogen) atoms. The second kappa shape index (κ2) is 5.94. The molecule has 1 aliphatic heterocycles. The largest absolute Gasteiger partial charge is 0.391 e. The normalized spacial score (nSPS) is 25.9. The van der Waals surface area contributed by atoms with E-state index in [2.05, 4.69) is 16.7 Å². The lowest BCUT2D eigenvalue weighted by atomic mass is 9.91. The van der Waals surface area contributed by atoms with Crippen LogP contribution in [0.3, 0.4) is 0 Å². The summed E-state index contributed by atoms with van der Waals surface area (Å²) in [5.74, 6) is -0.0327. The Hall–Kier alpha value is -1.39. The van der Waals surface area contributed by atoms with Gasteiger partial charge in [0.25, 0.3) is 5.91 Å². The highest BCUT2D eigenvalue weighted by atomic mass is 16.3. The molecule has 2 atom stereocenters. The molecule has 0 aromatic heterocycles. The number of aliphatic hydroxyl groups is 1. The highest BCUT2D eigenvalue weighted by Gasteiger charge is 2.26. The number of hydrogen-bond donors (Lipinski definition) is 3. The van der Waals surface area contributed by atoms with E-state index in [4.69, 9.17) is 0 Å². The number of amides is 1. The van der Waals surface area contributed by atoms with E-state index >= 15 is 0 Å². The van der Waals surface area contributed by atoms with Gasteiger partial charge in [0.05, 0.1) is 12.1 Å². The number of rotatable bonds is 2. The molecule has 1 heterocycles. The summed E-state index contributed by atoms with van der Waals surface area (Å²) in [6.45, 7) is 1.76. The highest BCUT2D eigenvalue weighted by Crippen LogP contribution is 2.21. The Morgan fingerprint density at radius 2 is 2.15 bits per heavy atom. The van der Waals surface area contributed by atoms with Crippen LogP contribution in [0, 0.1) is 0 Å². The van der Waals surface area contributed by atoms with Crippen molar-refractivity contribution >= 4 is 5.91 Å². The number of nitrogens with one attached hydrogen (secondary N) is 2. The van der Waals surface area contributed by atoms with Gasteiger partial charge >= 0.3 is 0 Å². The van der Waals surface area contributed by atoms with Gasteiger partial charge in [-0.15, -0.1) is 0 Å². The van der Waals surface area contributed by atoms with Gasteiger partial charge in [-0.3, -0.25) is 4.79 Å². The van der Waals surface area contributed by atoms with Crippen molar-refractivity contribution in [2.24, 2.45) is 0 Å². The number of fused-ring (bicyclic) bond motifs is 1. The smallest absolute Gasteiger partial charge is 0.251 e. The van der Waals surface area contributed by atoms with Crippen molar-refractivity contribution in [3.8, 4) is 0 Å². The van der Waals surface area contributed by atoms with E-state index in [0.29, 0.717) is 0 Å². The third-order valence-corrected chi connectivity index (χ3v) is 4.43. The molecule has 1 amide bonds. The van der Waals surface area contributed by atoms with Crippen LogP contribution in [0.1, 0.15) is 47.2 Å². The summed E-state index contributed by atoms with van der Waals surface area (Å²) in [7, 11) is 0. The Balaban J connectivity index is 1.77. The molecule has 1 aromatic rings. The van der Waals surface area contributed by atoms with E-state index in [1.807, 2.05) is 12.1 Å². The van der Waals surface area contributed by atoms with Gasteiger partial charge < -0.3 is 15.7 Å². The molecule has 4 nitrogen and oxygen atoms in total. The van der Waals surface area contributed by atoms with Crippen molar-refractivity contribution in [3.05, 3.63) is 34.9 Å². The van der Waals surface area contributed by atoms with Crippen molar-refractivity contribution in [1.82, 2.24) is 10.6 Å². The van der Waals surface area contributed by atoms with Crippen LogP contribution < -0.4 is 10.6 Å². The lowest BCUT2D eigenvalue weighted by molar-refractivity contribution is 0.0716. The maximum atomic E-state index is 12.5. The van der Waals surface area contributed by atoms with Crippen molar-refractivity contribution in [2.45, 2.75) is 50.8 Å². The first-order valence-electron chi connectivity index (χ1n) is 7.56. The lowest BCUT2D eigenvalue weighted by Gasteiger charge is -2.29. The summed E-state index contributed by atoms with van der Waals surface area (Å²) in [6, 6.07) is 5.83. The molecule has 3 rings (SSSR count). The molecule has 0 bridgehead atoms. The topological polar surface area (TPSA) is 61.4 Å². The molecular weight excluding hydrogens is 252 g/mol. The van der Waals surface area contributed by atoms with E-state index < -0.39 is 6.10 Å². The van der Waals surface area contributed by atoms with Crippen LogP contribution in [0.25, 0.3) is 0 Å². The molecule has 4 heteroatoms. The van der Waals surface area contributed by atoms with Crippen molar-refractivity contribution in [1.29, 1.82) is 0 Å². The average molecular weight is 274 g/mol. The van der Waals surface area contributed by atoms with Crippen molar-refractivity contribution < 1.29 is 9.90 Å². The van der Waals surface area contributed by atoms with Gasteiger partial charge in [-0.2, -0.15) is 0 Å². The maximum absolute atomic E-state index is 12.5. The first kappa shape index (κ1) is 13.6. The van der Waals surface area contributed by atoms with Gasteiger partial charge in [0.2, 0.25) is 0 Å². The molecule has 3 N–H and O–H groups in total. The summed E-state index contributed by atoms with van der Waals surface area (Å²) >= 11 is 0. The van der Waals surface area contributed by atoms with Gasteiger partial charge in [-0.1, -0.05) is 25.0 Å². The van der Waals surface area contributed by atoms with Gasteiger partial charge in [0.15, 0.2) is 0 Å². The zero-order valence-corrected chi connectivity index (χ0v) is 11.7. The minimum absolute atomic E-state index is 0.0327. The summed E-state index contributed by atoms with van der Waals surface area (Å²) in [5.41, 5.74) is 3.16. The molecule has 1 saturated carbocycles. The Morgan fingerprint density at radius 1 is 1.30 bits per heavy atom. The summed E-state index contributed by atoms with van der Waals surface area (Å²) in [4.78, 5) is 12.5. The van der Waals surface area contributed by atoms with Crippen molar-refractivity contribution in [2.75, 3.05) is 6.54 Å². The fraction of sp³-hybridized carbons (Fsp3) is 0.562. The van der Waals surface area contributed by atoms with Crippen LogP contribution >= 0.6 is 0 Å². The number of benzene rings is 1. The minimum atomic E-state index is -0.395. The quantitative estimate of drug-likeness (QED) is 0.763. The predicted octanol–water partition coefficient (Wildman–Crippen LogP) is 1.37. The molecule has 1 aliphatic carbocycles. The summed E-state index contributed by atoms with van der Waals surface area (Å²) in [6.07, 6.45) is 4.31. The van der Waals surface area contributed by atoms with Crippen LogP contribution in [0.5, 0.6) is 0 Å². The lowest BCUT2D eigenvalue weighted by Crippen LogP contribution is -2.45. The third kappa shape index (κ3) is 2.72. The van der Waals surface area contributed by atoms with Crippen LogP contribution in [-0.4, -0.2) is 29.7 Å². The van der Waals surface area contributed by atoms with Crippen LogP contribution in [0.4, 0.5) is 0 Å². The minimum Gasteiger partial charge on any atom is -0.391 e. The van der Waals surface area contributed by atoms with E-state index in [1.165, 1.54) is 5.56 Å². The van der Waals surface area contributed by atoms with Crippen molar-refractivity contribution in [3.63, 3.8) is 0 Å². The standard InChI is InChI=1S/C16H22N2O2/c19-15-7-2-1-6-14(15)18-16(20)13-5-3-4-11-10-17-9-8-12(11)13/h3-5,14-15,17,19H,1-2,6-10H2,(H,18,20)/t14-,15-/m1/s1. The average Bonchev–Trinajstić information content (AvgIpc) is 2.49. The molecule has 108 valence electrons. The molecule has 0 spiro atoms. The predicted molar refractivity (Wildman–Crippen MR) is 77.6 cm³/mol. The Labute approximate surface area is 119 Å². The maximum Gasteiger partial charge on any atom is 0.251 e. The zero-order chi connectivity index (χ0) is 13.9. The van der Waals surface area contributed by atoms with Crippen LogP contribution in [0.2, 0.25) is 0 Å². The van der Waals surface area contributed by atoms with Gasteiger partial charge in [0.1, 0.15) is 0 Å². The monoisotopic (exact) mass is 274 g/mol. The number of carbonyl (C=O) groups excluding carboxylic acids is 1. The second-order valence-corrected chi connectivity index (χ2v) is 5.80. The highest BCUT2D eigenvalue weighted by molar-refractivity contribution is 5.96. The van der Waals surface area contributed by atoms with Crippen LogP contribution in [-0.2, 0) is 13.0 Å². The molecule has 1 fully saturated rings. The van der Waals surface area contributed by atoms with E-state index in [-0.39, 0.29) is 11.9 Å². The summed E-state index contributed by atoms with van der Waals surface area (Å²) in [5, 5.41) is 16.3. The molecular formula is C16H22N2O2. The zero-order valence-electron chi connectivity index (χ0n) is 11.7. The Morgan fingerprint density at radius 3 is 3.00 bits per heavy atom. The molecule has 0 saturated heterocycles. The molecule has 0 unspecified atom stereocenters. The van der Waals surface area contributed by atoms with E-state index in [9.17, 15) is 9.90 Å². The van der Waals surface area contributed by atoms with E-state index in [1.54, 1.807) is 0 Å². The fourth-order valence-corrected chi connectivity index (χ4v) is 3.27. The molecule has 2 aliphatic rings. The van der Waals surface area contributed by atoms with Crippen LogP contribution in [0.15, 0.2) is 18.2 Å². The van der Waals surface area contributed by atoms with Gasteiger partial charge in [-0.05, 0) is 43.0 Å². The third-order valence-electron chi connectivity index (χ3n) is 4.43. The van der Waals surface area contributed by atoms with Gasteiger partial charge in [-0.25, -0.2) is 0 Å².